The molecular weight excluding hydrogens is 428 g/mol. The van der Waals surface area contributed by atoms with Gasteiger partial charge in [0, 0.05) is 10.2 Å². The number of hydrogen-bond donors (Lipinski definition) is 1. The summed E-state index contributed by atoms with van der Waals surface area (Å²) in [5.74, 6) is -0.359. The Hall–Kier alpha value is -1.11. The molecule has 0 aliphatic carbocycles. The van der Waals surface area contributed by atoms with Crippen LogP contribution < -0.4 is 10.1 Å². The Morgan fingerprint density at radius 2 is 2.00 bits per heavy atom. The number of amides is 1. The summed E-state index contributed by atoms with van der Waals surface area (Å²) >= 11 is 12.3. The number of anilines is 1. The topological polar surface area (TPSA) is 38.3 Å². The fourth-order valence-electron chi connectivity index (χ4n) is 1.51. The second-order valence-corrected chi connectivity index (χ2v) is 6.22. The fourth-order valence-corrected chi connectivity index (χ4v) is 2.85. The zero-order valence-corrected chi connectivity index (χ0v) is 14.4. The van der Waals surface area contributed by atoms with Gasteiger partial charge in [-0.15, -0.1) is 0 Å². The van der Waals surface area contributed by atoms with E-state index in [2.05, 4.69) is 37.2 Å². The molecule has 0 atom stereocenters. The lowest BCUT2D eigenvalue weighted by Crippen LogP contribution is -2.20. The predicted molar refractivity (Wildman–Crippen MR) is 87.4 cm³/mol. The summed E-state index contributed by atoms with van der Waals surface area (Å²) in [7, 11) is 0. The third kappa shape index (κ3) is 4.69. The van der Waals surface area contributed by atoms with E-state index in [1.165, 1.54) is 18.2 Å². The van der Waals surface area contributed by atoms with Crippen LogP contribution in [0.2, 0.25) is 5.02 Å². The normalized spacial score (nSPS) is 10.3. The lowest BCUT2D eigenvalue weighted by Gasteiger charge is -2.09. The van der Waals surface area contributed by atoms with E-state index in [1.807, 2.05) is 6.07 Å². The van der Waals surface area contributed by atoms with Gasteiger partial charge in [0.25, 0.3) is 5.91 Å². The molecule has 0 fully saturated rings. The standard InChI is InChI=1S/C14H9Br2ClFNO2/c15-8-1-4-13(10(16)5-8)21-7-14(20)19-9-2-3-12(18)11(17)6-9/h1-6H,7H2,(H,19,20). The highest BCUT2D eigenvalue weighted by molar-refractivity contribution is 9.11. The van der Waals surface area contributed by atoms with Gasteiger partial charge in [0.15, 0.2) is 6.61 Å². The third-order valence-electron chi connectivity index (χ3n) is 2.46. The maximum Gasteiger partial charge on any atom is 0.262 e. The molecule has 0 bridgehead atoms. The van der Waals surface area contributed by atoms with Gasteiger partial charge < -0.3 is 10.1 Å². The minimum Gasteiger partial charge on any atom is -0.483 e. The minimum absolute atomic E-state index is 0.0515. The van der Waals surface area contributed by atoms with Crippen LogP contribution in [-0.4, -0.2) is 12.5 Å². The summed E-state index contributed by atoms with van der Waals surface area (Å²) in [5.41, 5.74) is 0.407. The van der Waals surface area contributed by atoms with Crippen molar-refractivity contribution >= 4 is 55.1 Å². The number of carbonyl (C=O) groups excluding carboxylic acids is 1. The van der Waals surface area contributed by atoms with Gasteiger partial charge in [-0.25, -0.2) is 4.39 Å². The largest absolute Gasteiger partial charge is 0.483 e. The lowest BCUT2D eigenvalue weighted by molar-refractivity contribution is -0.118. The van der Waals surface area contributed by atoms with Crippen molar-refractivity contribution in [3.63, 3.8) is 0 Å². The average molecular weight is 437 g/mol. The van der Waals surface area contributed by atoms with Gasteiger partial charge in [0.05, 0.1) is 9.50 Å². The number of benzene rings is 2. The second kappa shape index (κ2) is 7.24. The number of nitrogens with one attached hydrogen (secondary N) is 1. The Morgan fingerprint density at radius 1 is 1.24 bits per heavy atom. The summed E-state index contributed by atoms with van der Waals surface area (Å²) in [5, 5.41) is 2.52. The predicted octanol–water partition coefficient (Wildman–Crippen LogP) is 5.02. The van der Waals surface area contributed by atoms with Crippen LogP contribution in [0.15, 0.2) is 45.3 Å². The maximum atomic E-state index is 13.0. The number of rotatable bonds is 4. The first-order valence-corrected chi connectivity index (χ1v) is 7.75. The minimum atomic E-state index is -0.537. The number of carbonyl (C=O) groups is 1. The van der Waals surface area contributed by atoms with Crippen LogP contribution in [0, 0.1) is 5.82 Å². The number of hydrogen-bond acceptors (Lipinski definition) is 2. The van der Waals surface area contributed by atoms with Crippen molar-refractivity contribution in [2.45, 2.75) is 0 Å². The molecule has 0 aliphatic heterocycles. The second-order valence-electron chi connectivity index (χ2n) is 4.04. The molecule has 1 amide bonds. The average Bonchev–Trinajstić information content (AvgIpc) is 2.42. The maximum absolute atomic E-state index is 13.0. The zero-order chi connectivity index (χ0) is 15.4. The molecule has 0 radical (unpaired) electrons. The van der Waals surface area contributed by atoms with Crippen molar-refractivity contribution in [1.29, 1.82) is 0 Å². The molecule has 3 nitrogen and oxygen atoms in total. The highest BCUT2D eigenvalue weighted by Gasteiger charge is 2.08. The molecule has 0 saturated heterocycles. The Kier molecular flexibility index (Phi) is 5.61. The Balaban J connectivity index is 1.94. The SMILES string of the molecule is O=C(COc1ccc(Br)cc1Br)Nc1ccc(F)c(Cl)c1. The molecule has 0 aromatic heterocycles. The van der Waals surface area contributed by atoms with E-state index >= 15 is 0 Å². The van der Waals surface area contributed by atoms with Crippen LogP contribution in [0.1, 0.15) is 0 Å². The first-order chi connectivity index (χ1) is 9.95. The third-order valence-corrected chi connectivity index (χ3v) is 3.86. The van der Waals surface area contributed by atoms with Crippen LogP contribution in [0.4, 0.5) is 10.1 Å². The Morgan fingerprint density at radius 3 is 2.67 bits per heavy atom. The van der Waals surface area contributed by atoms with Crippen LogP contribution in [0.3, 0.4) is 0 Å². The molecule has 0 heterocycles. The van der Waals surface area contributed by atoms with Crippen molar-refractivity contribution in [3.05, 3.63) is 56.2 Å². The summed E-state index contributed by atoms with van der Waals surface area (Å²) in [6.45, 7) is -0.171. The van der Waals surface area contributed by atoms with E-state index < -0.39 is 5.82 Å². The van der Waals surface area contributed by atoms with E-state index in [1.54, 1.807) is 12.1 Å². The molecule has 0 unspecified atom stereocenters. The lowest BCUT2D eigenvalue weighted by atomic mass is 10.3. The zero-order valence-electron chi connectivity index (χ0n) is 10.5. The van der Waals surface area contributed by atoms with Crippen LogP contribution in [0.5, 0.6) is 5.75 Å². The molecule has 0 spiro atoms. The summed E-state index contributed by atoms with van der Waals surface area (Å²) in [6.07, 6.45) is 0. The van der Waals surface area contributed by atoms with Crippen molar-refractivity contribution in [2.24, 2.45) is 0 Å². The van der Waals surface area contributed by atoms with E-state index in [9.17, 15) is 9.18 Å². The first-order valence-electron chi connectivity index (χ1n) is 5.78. The van der Waals surface area contributed by atoms with Gasteiger partial charge in [-0.05, 0) is 52.3 Å². The fraction of sp³-hybridized carbons (Fsp3) is 0.0714. The summed E-state index contributed by atoms with van der Waals surface area (Å²) < 4.78 is 20.0. The van der Waals surface area contributed by atoms with E-state index in [-0.39, 0.29) is 17.5 Å². The van der Waals surface area contributed by atoms with E-state index in [4.69, 9.17) is 16.3 Å². The van der Waals surface area contributed by atoms with Gasteiger partial charge in [-0.1, -0.05) is 27.5 Å². The van der Waals surface area contributed by atoms with E-state index in [0.717, 1.165) is 8.95 Å². The molecule has 0 aliphatic rings. The highest BCUT2D eigenvalue weighted by Crippen LogP contribution is 2.28. The van der Waals surface area contributed by atoms with Crippen LogP contribution >= 0.6 is 43.5 Å². The van der Waals surface area contributed by atoms with Crippen LogP contribution in [-0.2, 0) is 4.79 Å². The molecule has 110 valence electrons. The highest BCUT2D eigenvalue weighted by atomic mass is 79.9. The van der Waals surface area contributed by atoms with Gasteiger partial charge in [0.2, 0.25) is 0 Å². The molecule has 2 rings (SSSR count). The first kappa shape index (κ1) is 16.3. The van der Waals surface area contributed by atoms with Gasteiger partial charge in [-0.2, -0.15) is 0 Å². The van der Waals surface area contributed by atoms with Crippen molar-refractivity contribution in [3.8, 4) is 5.75 Å². The van der Waals surface area contributed by atoms with Crippen LogP contribution in [0.25, 0.3) is 0 Å². The summed E-state index contributed by atoms with van der Waals surface area (Å²) in [4.78, 5) is 11.8. The Labute approximate surface area is 142 Å². The molecule has 7 heteroatoms. The quantitative estimate of drug-likeness (QED) is 0.729. The van der Waals surface area contributed by atoms with Crippen molar-refractivity contribution in [1.82, 2.24) is 0 Å². The van der Waals surface area contributed by atoms with Crippen molar-refractivity contribution in [2.75, 3.05) is 11.9 Å². The number of halogens is 4. The van der Waals surface area contributed by atoms with Crippen molar-refractivity contribution < 1.29 is 13.9 Å². The van der Waals surface area contributed by atoms with E-state index in [0.29, 0.717) is 11.4 Å². The molecule has 21 heavy (non-hydrogen) atoms. The number of ether oxygens (including phenoxy) is 1. The smallest absolute Gasteiger partial charge is 0.262 e. The van der Waals surface area contributed by atoms with Gasteiger partial charge in [0.1, 0.15) is 11.6 Å². The molecular formula is C14H9Br2ClFNO2. The monoisotopic (exact) mass is 435 g/mol. The molecule has 2 aromatic rings. The summed E-state index contributed by atoms with van der Waals surface area (Å²) in [6, 6.07) is 9.30. The van der Waals surface area contributed by atoms with Gasteiger partial charge in [-0.3, -0.25) is 4.79 Å². The van der Waals surface area contributed by atoms with Gasteiger partial charge >= 0.3 is 0 Å². The molecule has 1 N–H and O–H groups in total. The molecule has 2 aromatic carbocycles. The Bertz CT molecular complexity index is 682. The molecule has 0 saturated carbocycles.